The maximum absolute atomic E-state index is 6.58. The molecule has 0 radical (unpaired) electrons. The molecule has 0 aromatic carbocycles. The van der Waals surface area contributed by atoms with Crippen molar-refractivity contribution < 1.29 is 8.85 Å². The zero-order chi connectivity index (χ0) is 18.0. The third kappa shape index (κ3) is 5.82. The fourth-order valence-electron chi connectivity index (χ4n) is 2.78. The zero-order valence-corrected chi connectivity index (χ0v) is 19.0. The summed E-state index contributed by atoms with van der Waals surface area (Å²) in [5, 5.41) is 0. The average molecular weight is 355 g/mol. The first-order chi connectivity index (χ1) is 10.4. The van der Waals surface area contributed by atoms with Crippen LogP contribution in [-0.4, -0.2) is 16.6 Å². The summed E-state index contributed by atoms with van der Waals surface area (Å²) in [6.45, 7) is 22.7. The Morgan fingerprint density at radius 2 is 1.43 bits per heavy atom. The van der Waals surface area contributed by atoms with Crippen LogP contribution < -0.4 is 0 Å². The number of rotatable bonds is 8. The highest BCUT2D eigenvalue weighted by molar-refractivity contribution is 6.70. The summed E-state index contributed by atoms with van der Waals surface area (Å²) in [7, 11) is -3.35. The smallest absolute Gasteiger partial charge is 0.242 e. The molecule has 0 amide bonds. The van der Waals surface area contributed by atoms with Crippen molar-refractivity contribution in [3.05, 3.63) is 23.2 Å². The number of allylic oxidation sites excluding steroid dienone is 2. The van der Waals surface area contributed by atoms with E-state index >= 15 is 0 Å². The summed E-state index contributed by atoms with van der Waals surface area (Å²) < 4.78 is 13.1. The third-order valence-corrected chi connectivity index (χ3v) is 6.02. The fourth-order valence-corrected chi connectivity index (χ4v) is 4.50. The van der Waals surface area contributed by atoms with Gasteiger partial charge in [0.15, 0.2) is 0 Å². The Hall–Kier alpha value is -0.486. The Morgan fingerprint density at radius 3 is 1.83 bits per heavy atom. The van der Waals surface area contributed by atoms with Crippen LogP contribution in [0.2, 0.25) is 39.3 Å². The van der Waals surface area contributed by atoms with Crippen LogP contribution in [0, 0.1) is 17.8 Å². The highest BCUT2D eigenvalue weighted by Gasteiger charge is 2.38. The van der Waals surface area contributed by atoms with Crippen LogP contribution >= 0.6 is 0 Å². The van der Waals surface area contributed by atoms with Gasteiger partial charge in [-0.2, -0.15) is 0 Å². The van der Waals surface area contributed by atoms with Crippen molar-refractivity contribution in [1.29, 1.82) is 0 Å². The lowest BCUT2D eigenvalue weighted by Crippen LogP contribution is -2.31. The summed E-state index contributed by atoms with van der Waals surface area (Å²) in [5.74, 6) is 3.71. The molecule has 23 heavy (non-hydrogen) atoms. The highest BCUT2D eigenvalue weighted by Crippen LogP contribution is 2.43. The van der Waals surface area contributed by atoms with Gasteiger partial charge in [-0.15, -0.1) is 0 Å². The average Bonchev–Trinajstić information content (AvgIpc) is 2.72. The third-order valence-electron chi connectivity index (χ3n) is 4.37. The van der Waals surface area contributed by atoms with E-state index in [1.165, 1.54) is 5.57 Å². The predicted octanol–water partition coefficient (Wildman–Crippen LogP) is 6.55. The molecule has 0 N–H and O–H groups in total. The Kier molecular flexibility index (Phi) is 6.79. The van der Waals surface area contributed by atoms with Gasteiger partial charge in [0, 0.05) is 5.92 Å². The van der Waals surface area contributed by atoms with Crippen molar-refractivity contribution in [2.24, 2.45) is 17.8 Å². The molecule has 0 fully saturated rings. The second kappa shape index (κ2) is 7.60. The molecule has 4 heteroatoms. The van der Waals surface area contributed by atoms with E-state index in [4.69, 9.17) is 8.85 Å². The van der Waals surface area contributed by atoms with Crippen molar-refractivity contribution in [3.63, 3.8) is 0 Å². The Morgan fingerprint density at radius 1 is 0.913 bits per heavy atom. The molecular formula is C19H38O2Si2. The minimum absolute atomic E-state index is 0.377. The monoisotopic (exact) mass is 354 g/mol. The molecule has 1 rings (SSSR count). The molecule has 1 aliphatic carbocycles. The summed E-state index contributed by atoms with van der Waals surface area (Å²) in [6.07, 6.45) is 4.75. The molecule has 3 atom stereocenters. The molecule has 0 saturated heterocycles. The summed E-state index contributed by atoms with van der Waals surface area (Å²) in [5.41, 5.74) is 1.38. The molecule has 134 valence electrons. The van der Waals surface area contributed by atoms with Crippen LogP contribution in [0.3, 0.4) is 0 Å². The molecule has 2 nitrogen and oxygen atoms in total. The molecule has 0 aliphatic heterocycles. The van der Waals surface area contributed by atoms with Crippen molar-refractivity contribution in [1.82, 2.24) is 0 Å². The lowest BCUT2D eigenvalue weighted by Gasteiger charge is -2.30. The lowest BCUT2D eigenvalue weighted by molar-refractivity contribution is 0.288. The van der Waals surface area contributed by atoms with Gasteiger partial charge in [-0.3, -0.25) is 0 Å². The van der Waals surface area contributed by atoms with Crippen LogP contribution in [0.5, 0.6) is 0 Å². The quantitative estimate of drug-likeness (QED) is 0.460. The molecule has 3 unspecified atom stereocenters. The van der Waals surface area contributed by atoms with E-state index in [0.29, 0.717) is 17.8 Å². The van der Waals surface area contributed by atoms with Crippen molar-refractivity contribution in [2.45, 2.75) is 79.8 Å². The SMILES string of the molecule is CCC(C)C1=CC(C(C)CC)C(O[Si](C)(C)C)=C1O[Si](C)(C)C. The van der Waals surface area contributed by atoms with Crippen LogP contribution in [0.25, 0.3) is 0 Å². The highest BCUT2D eigenvalue weighted by atomic mass is 28.4. The molecule has 0 aromatic heterocycles. The summed E-state index contributed by atoms with van der Waals surface area (Å²) >= 11 is 0. The van der Waals surface area contributed by atoms with Crippen molar-refractivity contribution in [2.75, 3.05) is 0 Å². The van der Waals surface area contributed by atoms with E-state index in [2.05, 4.69) is 73.1 Å². The topological polar surface area (TPSA) is 18.5 Å². The van der Waals surface area contributed by atoms with E-state index in [1.807, 2.05) is 0 Å². The number of hydrogen-bond acceptors (Lipinski definition) is 2. The molecule has 0 spiro atoms. The second-order valence-corrected chi connectivity index (χ2v) is 17.8. The van der Waals surface area contributed by atoms with Crippen LogP contribution in [-0.2, 0) is 8.85 Å². The fraction of sp³-hybridized carbons (Fsp3) is 0.789. The molecule has 0 bridgehead atoms. The number of hydrogen-bond donors (Lipinski definition) is 0. The molecular weight excluding hydrogens is 316 g/mol. The van der Waals surface area contributed by atoms with Gasteiger partial charge in [-0.25, -0.2) is 0 Å². The standard InChI is InChI=1S/C19H38O2Si2/c1-11-14(3)16-13-17(15(4)12-2)19(21-23(8,9)10)18(16)20-22(5,6)7/h13-16H,11-12H2,1-10H3. The molecule has 0 saturated carbocycles. The van der Waals surface area contributed by atoms with Gasteiger partial charge in [0.2, 0.25) is 16.6 Å². The van der Waals surface area contributed by atoms with Gasteiger partial charge < -0.3 is 8.85 Å². The maximum atomic E-state index is 6.58. The maximum Gasteiger partial charge on any atom is 0.242 e. The van der Waals surface area contributed by atoms with Crippen LogP contribution in [0.1, 0.15) is 40.5 Å². The lowest BCUT2D eigenvalue weighted by atomic mass is 9.91. The Balaban J connectivity index is 3.38. The zero-order valence-electron chi connectivity index (χ0n) is 17.0. The van der Waals surface area contributed by atoms with Gasteiger partial charge in [-0.05, 0) is 63.1 Å². The van der Waals surface area contributed by atoms with E-state index in [9.17, 15) is 0 Å². The second-order valence-electron chi connectivity index (χ2n) is 8.96. The van der Waals surface area contributed by atoms with Gasteiger partial charge in [0.05, 0.1) is 0 Å². The van der Waals surface area contributed by atoms with Gasteiger partial charge in [0.1, 0.15) is 11.5 Å². The van der Waals surface area contributed by atoms with E-state index in [-0.39, 0.29) is 0 Å². The Labute approximate surface area is 146 Å². The first-order valence-corrected chi connectivity index (χ1v) is 16.1. The summed E-state index contributed by atoms with van der Waals surface area (Å²) in [4.78, 5) is 0. The molecule has 0 heterocycles. The minimum Gasteiger partial charge on any atom is -0.544 e. The molecule has 0 aromatic rings. The summed E-state index contributed by atoms with van der Waals surface area (Å²) in [6, 6.07) is 0. The van der Waals surface area contributed by atoms with Crippen LogP contribution in [0.15, 0.2) is 23.2 Å². The van der Waals surface area contributed by atoms with E-state index in [1.54, 1.807) is 0 Å². The largest absolute Gasteiger partial charge is 0.544 e. The van der Waals surface area contributed by atoms with Gasteiger partial charge in [0.25, 0.3) is 0 Å². The predicted molar refractivity (Wildman–Crippen MR) is 106 cm³/mol. The van der Waals surface area contributed by atoms with Gasteiger partial charge >= 0.3 is 0 Å². The molecule has 1 aliphatic rings. The Bertz CT molecular complexity index is 467. The minimum atomic E-state index is -1.68. The van der Waals surface area contributed by atoms with Crippen LogP contribution in [0.4, 0.5) is 0 Å². The van der Waals surface area contributed by atoms with Gasteiger partial charge in [-0.1, -0.05) is 40.2 Å². The van der Waals surface area contributed by atoms with E-state index in [0.717, 1.165) is 24.4 Å². The normalized spacial score (nSPS) is 22.0. The van der Waals surface area contributed by atoms with Crippen molar-refractivity contribution in [3.8, 4) is 0 Å². The first-order valence-electron chi connectivity index (χ1n) is 9.23. The van der Waals surface area contributed by atoms with E-state index < -0.39 is 16.6 Å². The first kappa shape index (κ1) is 20.6. The van der Waals surface area contributed by atoms with Crippen molar-refractivity contribution >= 4 is 16.6 Å².